The molecule has 168 valence electrons. The molecule has 8 rings (SSSR count). The molecule has 0 fully saturated rings. The molecular weight excluding hydrogens is 462 g/mol. The van der Waals surface area contributed by atoms with Crippen molar-refractivity contribution in [2.45, 2.75) is 0 Å². The normalized spacial score (nSPS) is 11.9. The molecule has 6 heteroatoms. The van der Waals surface area contributed by atoms with Gasteiger partial charge in [-0.2, -0.15) is 0 Å². The van der Waals surface area contributed by atoms with E-state index in [1.807, 2.05) is 30.5 Å². The van der Waals surface area contributed by atoms with Gasteiger partial charge in [0, 0.05) is 50.4 Å². The lowest BCUT2D eigenvalue weighted by Crippen LogP contribution is -2.01. The van der Waals surface area contributed by atoms with E-state index >= 15 is 0 Å². The molecule has 0 saturated heterocycles. The molecule has 0 N–H and O–H groups in total. The van der Waals surface area contributed by atoms with E-state index in [1.54, 1.807) is 23.7 Å². The Morgan fingerprint density at radius 2 is 1.39 bits per heavy atom. The van der Waals surface area contributed by atoms with E-state index in [0.717, 1.165) is 33.3 Å². The highest BCUT2D eigenvalue weighted by molar-refractivity contribution is 7.26. The first kappa shape index (κ1) is 19.6. The second-order valence-corrected chi connectivity index (χ2v) is 9.85. The van der Waals surface area contributed by atoms with E-state index < -0.39 is 0 Å². The molecule has 5 nitrogen and oxygen atoms in total. The fraction of sp³-hybridized carbons (Fsp3) is 0. The first-order valence-electron chi connectivity index (χ1n) is 11.7. The van der Waals surface area contributed by atoms with Crippen LogP contribution in [-0.2, 0) is 0 Å². The highest BCUT2D eigenvalue weighted by atomic mass is 32.1. The highest BCUT2D eigenvalue weighted by Gasteiger charge is 2.19. The van der Waals surface area contributed by atoms with Crippen molar-refractivity contribution in [2.75, 3.05) is 0 Å². The summed E-state index contributed by atoms with van der Waals surface area (Å²) in [7, 11) is 0. The number of aromatic nitrogens is 5. The van der Waals surface area contributed by atoms with Crippen molar-refractivity contribution in [3.05, 3.63) is 104 Å². The quantitative estimate of drug-likeness (QED) is 0.257. The van der Waals surface area contributed by atoms with Gasteiger partial charge in [-0.3, -0.25) is 14.5 Å². The van der Waals surface area contributed by atoms with Gasteiger partial charge in [-0.25, -0.2) is 9.97 Å². The Hall–Kier alpha value is -4.68. The summed E-state index contributed by atoms with van der Waals surface area (Å²) in [5, 5.41) is 4.78. The van der Waals surface area contributed by atoms with Gasteiger partial charge in [-0.1, -0.05) is 60.7 Å². The van der Waals surface area contributed by atoms with Crippen molar-refractivity contribution < 1.29 is 0 Å². The molecule has 0 unspecified atom stereocenters. The zero-order valence-corrected chi connectivity index (χ0v) is 19.8. The summed E-state index contributed by atoms with van der Waals surface area (Å²) in [6, 6.07) is 29.5. The average Bonchev–Trinajstić information content (AvgIpc) is 3.47. The third-order valence-electron chi connectivity index (χ3n) is 6.78. The second-order valence-electron chi connectivity index (χ2n) is 8.79. The Balaban J connectivity index is 1.51. The summed E-state index contributed by atoms with van der Waals surface area (Å²) in [4.78, 5) is 18.8. The molecule has 4 aromatic heterocycles. The molecule has 4 aromatic carbocycles. The van der Waals surface area contributed by atoms with E-state index in [9.17, 15) is 0 Å². The molecule has 0 atom stereocenters. The molecule has 0 aliphatic carbocycles. The minimum Gasteiger partial charge on any atom is -0.276 e. The molecule has 0 aliphatic rings. The van der Waals surface area contributed by atoms with Crippen LogP contribution in [0.5, 0.6) is 0 Å². The lowest BCUT2D eigenvalue weighted by atomic mass is 10.1. The molecular formula is C30H17N5S. The van der Waals surface area contributed by atoms with Crippen molar-refractivity contribution in [1.82, 2.24) is 24.5 Å². The van der Waals surface area contributed by atoms with Crippen molar-refractivity contribution in [1.29, 1.82) is 0 Å². The zero-order valence-electron chi connectivity index (χ0n) is 19.0. The van der Waals surface area contributed by atoms with E-state index in [0.29, 0.717) is 5.95 Å². The number of thiophene rings is 1. The van der Waals surface area contributed by atoms with Crippen LogP contribution in [0, 0.1) is 0 Å². The maximum Gasteiger partial charge on any atom is 0.235 e. The first-order chi connectivity index (χ1) is 17.8. The van der Waals surface area contributed by atoms with Crippen LogP contribution in [0.4, 0.5) is 0 Å². The number of hydrogen-bond acceptors (Lipinski definition) is 5. The van der Waals surface area contributed by atoms with Gasteiger partial charge in [0.15, 0.2) is 0 Å². The topological polar surface area (TPSA) is 56.5 Å². The van der Waals surface area contributed by atoms with Gasteiger partial charge >= 0.3 is 0 Å². The van der Waals surface area contributed by atoms with Gasteiger partial charge in [0.2, 0.25) is 5.95 Å². The van der Waals surface area contributed by atoms with E-state index in [-0.39, 0.29) is 0 Å². The van der Waals surface area contributed by atoms with Gasteiger partial charge in [0.25, 0.3) is 0 Å². The first-order valence-corrected chi connectivity index (χ1v) is 12.5. The summed E-state index contributed by atoms with van der Waals surface area (Å²) in [5.74, 6) is 0.668. The zero-order chi connectivity index (χ0) is 23.6. The molecule has 0 radical (unpaired) electrons. The monoisotopic (exact) mass is 479 g/mol. The molecule has 4 heterocycles. The van der Waals surface area contributed by atoms with Gasteiger partial charge in [-0.15, -0.1) is 11.3 Å². The number of fused-ring (bicyclic) bond motifs is 8. The summed E-state index contributed by atoms with van der Waals surface area (Å²) in [6.07, 6.45) is 5.34. The second kappa shape index (κ2) is 7.41. The molecule has 0 spiro atoms. The third kappa shape index (κ3) is 2.76. The van der Waals surface area contributed by atoms with Crippen LogP contribution in [0.2, 0.25) is 0 Å². The molecule has 0 saturated carbocycles. The smallest absolute Gasteiger partial charge is 0.235 e. The fourth-order valence-electron chi connectivity index (χ4n) is 5.17. The van der Waals surface area contributed by atoms with Gasteiger partial charge in [0.05, 0.1) is 32.5 Å². The molecule has 36 heavy (non-hydrogen) atoms. The summed E-state index contributed by atoms with van der Waals surface area (Å²) in [6.45, 7) is 0. The van der Waals surface area contributed by atoms with Gasteiger partial charge in [-0.05, 0) is 24.3 Å². The number of hydrogen-bond donors (Lipinski definition) is 0. The largest absolute Gasteiger partial charge is 0.276 e. The Morgan fingerprint density at radius 3 is 2.28 bits per heavy atom. The Bertz CT molecular complexity index is 2110. The van der Waals surface area contributed by atoms with Crippen molar-refractivity contribution in [3.8, 4) is 17.2 Å². The number of nitrogens with zero attached hydrogens (tertiary/aromatic N) is 5. The maximum absolute atomic E-state index is 5.03. The Morgan fingerprint density at radius 1 is 0.611 bits per heavy atom. The molecule has 0 amide bonds. The predicted molar refractivity (Wildman–Crippen MR) is 148 cm³/mol. The molecule has 0 aliphatic heterocycles. The van der Waals surface area contributed by atoms with Crippen LogP contribution in [0.25, 0.3) is 70.2 Å². The van der Waals surface area contributed by atoms with Gasteiger partial charge in [0.1, 0.15) is 0 Å². The lowest BCUT2D eigenvalue weighted by Gasteiger charge is -2.08. The molecule has 8 aromatic rings. The third-order valence-corrected chi connectivity index (χ3v) is 7.95. The van der Waals surface area contributed by atoms with Crippen LogP contribution in [0.15, 0.2) is 104 Å². The SMILES string of the molecule is c1ccc(-c2ccnc(-n3c4ccccc4c4ccc5c6cc7nccnc7cc6sc5c43)n2)cc1. The lowest BCUT2D eigenvalue weighted by molar-refractivity contribution is 0.995. The number of rotatable bonds is 2. The van der Waals surface area contributed by atoms with Gasteiger partial charge < -0.3 is 0 Å². The van der Waals surface area contributed by atoms with Crippen molar-refractivity contribution in [2.24, 2.45) is 0 Å². The van der Waals surface area contributed by atoms with Crippen LogP contribution in [0.3, 0.4) is 0 Å². The minimum absolute atomic E-state index is 0.668. The maximum atomic E-state index is 5.03. The summed E-state index contributed by atoms with van der Waals surface area (Å²) in [5.41, 5.74) is 6.01. The van der Waals surface area contributed by atoms with E-state index in [1.165, 1.54) is 30.9 Å². The van der Waals surface area contributed by atoms with Crippen molar-refractivity contribution >= 4 is 64.3 Å². The van der Waals surface area contributed by atoms with E-state index in [4.69, 9.17) is 9.97 Å². The van der Waals surface area contributed by atoms with E-state index in [2.05, 4.69) is 75.2 Å². The van der Waals surface area contributed by atoms with Crippen LogP contribution in [0.1, 0.15) is 0 Å². The van der Waals surface area contributed by atoms with Crippen LogP contribution >= 0.6 is 11.3 Å². The predicted octanol–water partition coefficient (Wildman–Crippen LogP) is 7.55. The standard InChI is InChI=1S/C30H17N5S/c1-2-6-18(7-3-1)23-12-13-33-30(34-23)35-26-9-5-4-8-19(26)20-10-11-21-22-16-24-25(32-15-14-31-24)17-27(22)36-29(21)28(20)35/h1-17H. The van der Waals surface area contributed by atoms with Crippen LogP contribution < -0.4 is 0 Å². The molecule has 0 bridgehead atoms. The summed E-state index contributed by atoms with van der Waals surface area (Å²) < 4.78 is 4.62. The summed E-state index contributed by atoms with van der Waals surface area (Å²) >= 11 is 1.79. The Kier molecular flexibility index (Phi) is 4.03. The highest BCUT2D eigenvalue weighted by Crippen LogP contribution is 2.43. The average molecular weight is 480 g/mol. The minimum atomic E-state index is 0.668. The Labute approximate surface area is 209 Å². The number of para-hydroxylation sites is 1. The number of benzene rings is 4. The van der Waals surface area contributed by atoms with Crippen LogP contribution in [-0.4, -0.2) is 24.5 Å². The van der Waals surface area contributed by atoms with Crippen molar-refractivity contribution in [3.63, 3.8) is 0 Å². The fourth-order valence-corrected chi connectivity index (χ4v) is 6.43.